The van der Waals surface area contributed by atoms with Crippen molar-refractivity contribution in [1.82, 2.24) is 9.80 Å². The summed E-state index contributed by atoms with van der Waals surface area (Å²) in [4.78, 5) is 15.8. The maximum absolute atomic E-state index is 12.0. The second kappa shape index (κ2) is 8.00. The first-order valence-corrected chi connectivity index (χ1v) is 7.44. The predicted octanol–water partition coefficient (Wildman–Crippen LogP) is 1.57. The van der Waals surface area contributed by atoms with Crippen LogP contribution in [0.25, 0.3) is 0 Å². The van der Waals surface area contributed by atoms with E-state index in [2.05, 4.69) is 4.90 Å². The number of β-amino-alcohol motifs (C(OH)–C–C–N with tert-alkyl or cyclic N) is 1. The van der Waals surface area contributed by atoms with Crippen LogP contribution in [0.15, 0.2) is 30.3 Å². The molecular weight excluding hydrogens is 268 g/mol. The highest BCUT2D eigenvalue weighted by Crippen LogP contribution is 2.17. The molecule has 0 spiro atoms. The lowest BCUT2D eigenvalue weighted by Crippen LogP contribution is -2.33. The van der Waals surface area contributed by atoms with Crippen molar-refractivity contribution in [3.8, 4) is 0 Å². The Bertz CT molecular complexity index is 438. The van der Waals surface area contributed by atoms with Crippen molar-refractivity contribution in [3.63, 3.8) is 0 Å². The molecule has 1 atom stereocenters. The summed E-state index contributed by atoms with van der Waals surface area (Å²) in [6.45, 7) is 3.87. The zero-order valence-corrected chi connectivity index (χ0v) is 12.6. The van der Waals surface area contributed by atoms with Crippen molar-refractivity contribution < 1.29 is 14.6 Å². The Morgan fingerprint density at radius 3 is 2.90 bits per heavy atom. The minimum Gasteiger partial charge on any atom is -0.445 e. The quantitative estimate of drug-likeness (QED) is 0.865. The number of nitrogens with zero attached hydrogens (tertiary/aromatic N) is 2. The minimum atomic E-state index is -0.278. The van der Waals surface area contributed by atoms with Crippen LogP contribution < -0.4 is 0 Å². The van der Waals surface area contributed by atoms with E-state index in [1.165, 1.54) is 0 Å². The minimum absolute atomic E-state index is 0.196. The molecule has 116 valence electrons. The molecule has 0 aliphatic carbocycles. The van der Waals surface area contributed by atoms with E-state index in [4.69, 9.17) is 9.84 Å². The van der Waals surface area contributed by atoms with E-state index in [0.29, 0.717) is 19.1 Å². The number of hydrogen-bond acceptors (Lipinski definition) is 4. The van der Waals surface area contributed by atoms with E-state index < -0.39 is 0 Å². The van der Waals surface area contributed by atoms with Gasteiger partial charge in [0.1, 0.15) is 6.61 Å². The molecular formula is C16H24N2O3. The number of amides is 1. The lowest BCUT2D eigenvalue weighted by atomic mass is 10.1. The first-order chi connectivity index (χ1) is 10.2. The lowest BCUT2D eigenvalue weighted by Gasteiger charge is -2.21. The smallest absolute Gasteiger partial charge is 0.409 e. The van der Waals surface area contributed by atoms with Crippen molar-refractivity contribution >= 4 is 6.09 Å². The number of aliphatic hydroxyl groups excluding tert-OH is 1. The molecule has 2 rings (SSSR count). The highest BCUT2D eigenvalue weighted by molar-refractivity contribution is 5.67. The third-order valence-electron chi connectivity index (χ3n) is 3.84. The van der Waals surface area contributed by atoms with Crippen LogP contribution in [0.3, 0.4) is 0 Å². The Kier molecular flexibility index (Phi) is 6.02. The van der Waals surface area contributed by atoms with Gasteiger partial charge in [0.25, 0.3) is 0 Å². The summed E-state index contributed by atoms with van der Waals surface area (Å²) in [5.41, 5.74) is 0.995. The van der Waals surface area contributed by atoms with Crippen molar-refractivity contribution in [1.29, 1.82) is 0 Å². The number of likely N-dealkylation sites (tertiary alicyclic amines) is 1. The molecule has 1 aromatic rings. The first kappa shape index (κ1) is 15.8. The van der Waals surface area contributed by atoms with Crippen molar-refractivity contribution in [3.05, 3.63) is 35.9 Å². The fourth-order valence-electron chi connectivity index (χ4n) is 2.70. The van der Waals surface area contributed by atoms with Gasteiger partial charge >= 0.3 is 6.09 Å². The summed E-state index contributed by atoms with van der Waals surface area (Å²) in [5, 5.41) is 8.94. The molecule has 5 heteroatoms. The fourth-order valence-corrected chi connectivity index (χ4v) is 2.70. The normalized spacial score (nSPS) is 18.7. The van der Waals surface area contributed by atoms with Gasteiger partial charge in [-0.15, -0.1) is 0 Å². The largest absolute Gasteiger partial charge is 0.445 e. The third-order valence-corrected chi connectivity index (χ3v) is 3.84. The number of hydrogen-bond donors (Lipinski definition) is 1. The van der Waals surface area contributed by atoms with E-state index in [1.54, 1.807) is 11.9 Å². The van der Waals surface area contributed by atoms with Crippen LogP contribution in [0, 0.1) is 5.92 Å². The monoisotopic (exact) mass is 292 g/mol. The van der Waals surface area contributed by atoms with Gasteiger partial charge in [-0.05, 0) is 24.4 Å². The van der Waals surface area contributed by atoms with Crippen LogP contribution in [0.4, 0.5) is 4.79 Å². The Morgan fingerprint density at radius 1 is 1.43 bits per heavy atom. The van der Waals surface area contributed by atoms with Crippen LogP contribution in [-0.4, -0.2) is 60.8 Å². The molecule has 21 heavy (non-hydrogen) atoms. The molecule has 0 radical (unpaired) electrons. The number of carbonyl (C=O) groups excluding carboxylic acids is 1. The molecule has 1 aliphatic heterocycles. The zero-order valence-electron chi connectivity index (χ0n) is 12.6. The van der Waals surface area contributed by atoms with Gasteiger partial charge in [-0.1, -0.05) is 30.3 Å². The van der Waals surface area contributed by atoms with Gasteiger partial charge in [-0.25, -0.2) is 4.79 Å². The van der Waals surface area contributed by atoms with Crippen LogP contribution >= 0.6 is 0 Å². The van der Waals surface area contributed by atoms with Crippen LogP contribution in [0.1, 0.15) is 12.0 Å². The Labute approximate surface area is 126 Å². The Morgan fingerprint density at radius 2 is 2.19 bits per heavy atom. The van der Waals surface area contributed by atoms with Gasteiger partial charge < -0.3 is 19.6 Å². The second-order valence-corrected chi connectivity index (χ2v) is 5.60. The topological polar surface area (TPSA) is 53.0 Å². The summed E-state index contributed by atoms with van der Waals surface area (Å²) < 4.78 is 5.31. The molecule has 1 saturated heterocycles. The predicted molar refractivity (Wildman–Crippen MR) is 80.9 cm³/mol. The number of carbonyl (C=O) groups is 1. The highest BCUT2D eigenvalue weighted by Gasteiger charge is 2.24. The molecule has 1 N–H and O–H groups in total. The fraction of sp³-hybridized carbons (Fsp3) is 0.562. The van der Waals surface area contributed by atoms with Crippen LogP contribution in [0.2, 0.25) is 0 Å². The van der Waals surface area contributed by atoms with Gasteiger partial charge in [0.2, 0.25) is 0 Å². The summed E-state index contributed by atoms with van der Waals surface area (Å²) in [6, 6.07) is 9.69. The summed E-state index contributed by atoms with van der Waals surface area (Å²) >= 11 is 0. The van der Waals surface area contributed by atoms with Crippen molar-refractivity contribution in [2.24, 2.45) is 5.92 Å². The zero-order chi connectivity index (χ0) is 15.1. The van der Waals surface area contributed by atoms with Crippen molar-refractivity contribution in [2.45, 2.75) is 13.0 Å². The van der Waals surface area contributed by atoms with Gasteiger partial charge in [-0.3, -0.25) is 0 Å². The molecule has 1 aromatic carbocycles. The number of ether oxygens (including phenoxy) is 1. The average Bonchev–Trinajstić information content (AvgIpc) is 2.93. The molecule has 1 fully saturated rings. The van der Waals surface area contributed by atoms with Gasteiger partial charge in [0, 0.05) is 26.7 Å². The lowest BCUT2D eigenvalue weighted by molar-refractivity contribution is 0.0994. The van der Waals surface area contributed by atoms with E-state index in [0.717, 1.165) is 31.6 Å². The standard InChI is InChI=1S/C16H24N2O3/c1-17(11-15-7-8-18(12-15)9-10-19)16(20)21-13-14-5-3-2-4-6-14/h2-6,15,19H,7-13H2,1H3/t15-/m1/s1. The maximum Gasteiger partial charge on any atom is 0.409 e. The average molecular weight is 292 g/mol. The summed E-state index contributed by atoms with van der Waals surface area (Å²) in [7, 11) is 1.78. The highest BCUT2D eigenvalue weighted by atomic mass is 16.6. The van der Waals surface area contributed by atoms with Gasteiger partial charge in [-0.2, -0.15) is 0 Å². The van der Waals surface area contributed by atoms with Gasteiger partial charge in [0.05, 0.1) is 6.61 Å². The molecule has 5 nitrogen and oxygen atoms in total. The molecule has 0 unspecified atom stereocenters. The number of rotatable bonds is 6. The summed E-state index contributed by atoms with van der Waals surface area (Å²) in [5.74, 6) is 0.464. The molecule has 1 aliphatic rings. The third kappa shape index (κ3) is 5.02. The maximum atomic E-state index is 12.0. The van der Waals surface area contributed by atoms with E-state index >= 15 is 0 Å². The van der Waals surface area contributed by atoms with E-state index in [9.17, 15) is 4.79 Å². The van der Waals surface area contributed by atoms with E-state index in [-0.39, 0.29) is 12.7 Å². The van der Waals surface area contributed by atoms with Crippen molar-refractivity contribution in [2.75, 3.05) is 39.8 Å². The molecule has 1 heterocycles. The van der Waals surface area contributed by atoms with Crippen LogP contribution in [-0.2, 0) is 11.3 Å². The second-order valence-electron chi connectivity index (χ2n) is 5.60. The molecule has 0 aromatic heterocycles. The Balaban J connectivity index is 1.70. The molecule has 1 amide bonds. The number of aliphatic hydroxyl groups is 1. The molecule has 0 bridgehead atoms. The molecule has 0 saturated carbocycles. The Hall–Kier alpha value is -1.59. The first-order valence-electron chi connectivity index (χ1n) is 7.44. The van der Waals surface area contributed by atoms with Gasteiger partial charge in [0.15, 0.2) is 0 Å². The van der Waals surface area contributed by atoms with E-state index in [1.807, 2.05) is 30.3 Å². The SMILES string of the molecule is CN(C[C@H]1CCN(CCO)C1)C(=O)OCc1ccccc1. The van der Waals surface area contributed by atoms with Crippen LogP contribution in [0.5, 0.6) is 0 Å². The summed E-state index contributed by atoms with van der Waals surface area (Å²) in [6.07, 6.45) is 0.788. The number of benzene rings is 1.